The predicted molar refractivity (Wildman–Crippen MR) is 57.4 cm³/mol. The first-order chi connectivity index (χ1) is 6.65. The molecule has 1 aliphatic carbocycles. The fourth-order valence-corrected chi connectivity index (χ4v) is 1.84. The van der Waals surface area contributed by atoms with Crippen molar-refractivity contribution in [1.82, 2.24) is 0 Å². The minimum Gasteiger partial charge on any atom is -0.399 e. The largest absolute Gasteiger partial charge is 0.399 e. The minimum absolute atomic E-state index is 0.306. The van der Waals surface area contributed by atoms with Gasteiger partial charge in [-0.15, -0.1) is 0 Å². The van der Waals surface area contributed by atoms with Crippen molar-refractivity contribution in [1.29, 1.82) is 0 Å². The molecule has 4 N–H and O–H groups in total. The first-order valence-electron chi connectivity index (χ1n) is 5.01. The summed E-state index contributed by atoms with van der Waals surface area (Å²) in [6, 6.07) is -0.365. The number of allylic oxidation sites excluding steroid dienone is 3. The number of carbonyl (C=O) groups is 1. The second kappa shape index (κ2) is 4.96. The predicted octanol–water partition coefficient (Wildman–Crippen LogP) is 1.10. The fourth-order valence-electron chi connectivity index (χ4n) is 1.84. The Morgan fingerprint density at radius 1 is 1.64 bits per heavy atom. The number of nitrogens with two attached hydrogens (primary N) is 2. The Morgan fingerprint density at radius 3 is 2.93 bits per heavy atom. The van der Waals surface area contributed by atoms with Crippen molar-refractivity contribution in [3.05, 3.63) is 23.4 Å². The van der Waals surface area contributed by atoms with Crippen LogP contribution in [0.5, 0.6) is 0 Å². The third kappa shape index (κ3) is 2.70. The van der Waals surface area contributed by atoms with Gasteiger partial charge in [0.2, 0.25) is 0 Å². The topological polar surface area (TPSA) is 69.1 Å². The first kappa shape index (κ1) is 11.0. The molecule has 0 saturated carbocycles. The van der Waals surface area contributed by atoms with Gasteiger partial charge in [-0.3, -0.25) is 0 Å². The van der Waals surface area contributed by atoms with Crippen LogP contribution in [0.1, 0.15) is 26.2 Å². The van der Waals surface area contributed by atoms with Gasteiger partial charge in [0.25, 0.3) is 0 Å². The smallest absolute Gasteiger partial charge is 0.136 e. The molecule has 0 aliphatic heterocycles. The molecule has 0 spiro atoms. The van der Waals surface area contributed by atoms with E-state index in [2.05, 4.69) is 13.0 Å². The lowest BCUT2D eigenvalue weighted by Crippen LogP contribution is -2.25. The number of rotatable bonds is 4. The SMILES string of the molecule is CC(C[C@H](N)C=O)C1=C(N)C=CCC1. The Balaban J connectivity index is 2.63. The fraction of sp³-hybridized carbons (Fsp3) is 0.545. The summed E-state index contributed by atoms with van der Waals surface area (Å²) < 4.78 is 0. The lowest BCUT2D eigenvalue weighted by molar-refractivity contribution is -0.109. The van der Waals surface area contributed by atoms with Crippen LogP contribution in [0.15, 0.2) is 23.4 Å². The zero-order valence-electron chi connectivity index (χ0n) is 8.57. The molecule has 14 heavy (non-hydrogen) atoms. The molecule has 1 aliphatic rings. The van der Waals surface area contributed by atoms with E-state index in [0.717, 1.165) is 24.8 Å². The van der Waals surface area contributed by atoms with Crippen LogP contribution in [0.4, 0.5) is 0 Å². The van der Waals surface area contributed by atoms with Gasteiger partial charge in [-0.25, -0.2) is 0 Å². The highest BCUT2D eigenvalue weighted by atomic mass is 16.1. The molecule has 0 fully saturated rings. The van der Waals surface area contributed by atoms with Crippen molar-refractivity contribution in [2.24, 2.45) is 17.4 Å². The maximum absolute atomic E-state index is 10.4. The Morgan fingerprint density at radius 2 is 2.36 bits per heavy atom. The lowest BCUT2D eigenvalue weighted by atomic mass is 9.87. The normalized spacial score (nSPS) is 20.7. The van der Waals surface area contributed by atoms with Gasteiger partial charge in [0.1, 0.15) is 6.29 Å². The van der Waals surface area contributed by atoms with Gasteiger partial charge in [0, 0.05) is 5.70 Å². The highest BCUT2D eigenvalue weighted by Crippen LogP contribution is 2.25. The summed E-state index contributed by atoms with van der Waals surface area (Å²) in [4.78, 5) is 10.4. The van der Waals surface area contributed by atoms with Crippen molar-refractivity contribution in [2.75, 3.05) is 0 Å². The molecule has 1 unspecified atom stereocenters. The summed E-state index contributed by atoms with van der Waals surface area (Å²) in [6.07, 6.45) is 7.54. The van der Waals surface area contributed by atoms with E-state index in [4.69, 9.17) is 11.5 Å². The van der Waals surface area contributed by atoms with Gasteiger partial charge < -0.3 is 16.3 Å². The van der Waals surface area contributed by atoms with E-state index in [-0.39, 0.29) is 6.04 Å². The van der Waals surface area contributed by atoms with Gasteiger partial charge in [-0.05, 0) is 36.8 Å². The van der Waals surface area contributed by atoms with E-state index in [1.54, 1.807) is 0 Å². The molecule has 0 heterocycles. The quantitative estimate of drug-likeness (QED) is 0.658. The Hall–Kier alpha value is -1.09. The van der Waals surface area contributed by atoms with E-state index in [0.29, 0.717) is 12.3 Å². The van der Waals surface area contributed by atoms with E-state index >= 15 is 0 Å². The molecule has 3 heteroatoms. The van der Waals surface area contributed by atoms with E-state index < -0.39 is 0 Å². The van der Waals surface area contributed by atoms with Gasteiger partial charge in [-0.2, -0.15) is 0 Å². The molecule has 0 saturated heterocycles. The Kier molecular flexibility index (Phi) is 3.89. The molecule has 0 radical (unpaired) electrons. The molecule has 1 rings (SSSR count). The van der Waals surface area contributed by atoms with Crippen LogP contribution in [-0.4, -0.2) is 12.3 Å². The molecular weight excluding hydrogens is 176 g/mol. The molecule has 0 bridgehead atoms. The van der Waals surface area contributed by atoms with Gasteiger partial charge in [0.05, 0.1) is 6.04 Å². The van der Waals surface area contributed by atoms with Crippen molar-refractivity contribution in [3.63, 3.8) is 0 Å². The maximum atomic E-state index is 10.4. The van der Waals surface area contributed by atoms with Gasteiger partial charge >= 0.3 is 0 Å². The third-order valence-electron chi connectivity index (χ3n) is 2.64. The molecule has 0 amide bonds. The summed E-state index contributed by atoms with van der Waals surface area (Å²) >= 11 is 0. The number of hydrogen-bond acceptors (Lipinski definition) is 3. The highest BCUT2D eigenvalue weighted by Gasteiger charge is 2.16. The van der Waals surface area contributed by atoms with Crippen molar-refractivity contribution in [2.45, 2.75) is 32.2 Å². The van der Waals surface area contributed by atoms with Gasteiger partial charge in [-0.1, -0.05) is 13.0 Å². The summed E-state index contributed by atoms with van der Waals surface area (Å²) in [5.74, 6) is 0.306. The van der Waals surface area contributed by atoms with Gasteiger partial charge in [0.15, 0.2) is 0 Å². The second-order valence-corrected chi connectivity index (χ2v) is 3.86. The molecule has 78 valence electrons. The average molecular weight is 194 g/mol. The van der Waals surface area contributed by atoms with E-state index in [9.17, 15) is 4.79 Å². The molecule has 0 aromatic rings. The monoisotopic (exact) mass is 194 g/mol. The summed E-state index contributed by atoms with van der Waals surface area (Å²) in [6.45, 7) is 2.07. The second-order valence-electron chi connectivity index (χ2n) is 3.86. The molecular formula is C11H18N2O. The molecule has 3 nitrogen and oxygen atoms in total. The highest BCUT2D eigenvalue weighted by molar-refractivity contribution is 5.57. The number of carbonyl (C=O) groups excluding carboxylic acids is 1. The van der Waals surface area contributed by atoms with Crippen molar-refractivity contribution >= 4 is 6.29 Å². The van der Waals surface area contributed by atoms with Crippen LogP contribution in [0, 0.1) is 5.92 Å². The van der Waals surface area contributed by atoms with E-state index in [1.807, 2.05) is 6.08 Å². The maximum Gasteiger partial charge on any atom is 0.136 e. The van der Waals surface area contributed by atoms with Crippen LogP contribution in [-0.2, 0) is 4.79 Å². The van der Waals surface area contributed by atoms with E-state index in [1.165, 1.54) is 5.57 Å². The van der Waals surface area contributed by atoms with Crippen LogP contribution in [0.2, 0.25) is 0 Å². The van der Waals surface area contributed by atoms with Crippen LogP contribution < -0.4 is 11.5 Å². The van der Waals surface area contributed by atoms with Crippen LogP contribution in [0.3, 0.4) is 0 Å². The minimum atomic E-state index is -0.365. The van der Waals surface area contributed by atoms with Crippen LogP contribution in [0.25, 0.3) is 0 Å². The summed E-state index contributed by atoms with van der Waals surface area (Å²) in [5.41, 5.74) is 13.5. The molecule has 0 aromatic heterocycles. The molecule has 2 atom stereocenters. The third-order valence-corrected chi connectivity index (χ3v) is 2.64. The standard InChI is InChI=1S/C11H18N2O/c1-8(6-9(12)7-14)10-4-2-3-5-11(10)13/h3,5,7-9H,2,4,6,12-13H2,1H3/t8?,9-/m0/s1. The zero-order chi connectivity index (χ0) is 10.6. The molecule has 0 aromatic carbocycles. The number of hydrogen-bond donors (Lipinski definition) is 2. The Bertz CT molecular complexity index is 268. The number of aldehydes is 1. The summed E-state index contributed by atoms with van der Waals surface area (Å²) in [5, 5.41) is 0. The lowest BCUT2D eigenvalue weighted by Gasteiger charge is -2.20. The first-order valence-corrected chi connectivity index (χ1v) is 5.01. The van der Waals surface area contributed by atoms with Crippen molar-refractivity contribution < 1.29 is 4.79 Å². The van der Waals surface area contributed by atoms with Crippen molar-refractivity contribution in [3.8, 4) is 0 Å². The average Bonchev–Trinajstić information content (AvgIpc) is 2.18. The zero-order valence-corrected chi connectivity index (χ0v) is 8.57. The van der Waals surface area contributed by atoms with Crippen LogP contribution >= 0.6 is 0 Å². The summed E-state index contributed by atoms with van der Waals surface area (Å²) in [7, 11) is 0. The Labute approximate surface area is 84.8 Å².